The quantitative estimate of drug-likeness (QED) is 0.309. The number of aryl methyl sites for hydroxylation is 1. The van der Waals surface area contributed by atoms with Crippen LogP contribution in [-0.2, 0) is 17.6 Å². The van der Waals surface area contributed by atoms with E-state index in [1.807, 2.05) is 54.2 Å². The molecule has 6 rings (SSSR count). The maximum Gasteiger partial charge on any atom is 0.229 e. The van der Waals surface area contributed by atoms with Crippen LogP contribution >= 0.6 is 11.3 Å². The fraction of sp³-hybridized carbons (Fsp3) is 0.345. The molecule has 1 fully saturated rings. The van der Waals surface area contributed by atoms with Crippen molar-refractivity contribution in [2.45, 2.75) is 45.4 Å². The normalized spacial score (nSPS) is 20.4. The SMILES string of the molecule is CCOc1ccc(-c2nn(-c3ccccc3)cc2C2CC2C(=O)Nc2nc3c(s2)CC(C)CC3)cc1F. The molecule has 6 nitrogen and oxygen atoms in total. The lowest BCUT2D eigenvalue weighted by molar-refractivity contribution is -0.117. The number of aromatic nitrogens is 3. The Balaban J connectivity index is 1.27. The average Bonchev–Trinajstić information content (AvgIpc) is 3.41. The second kappa shape index (κ2) is 9.74. The minimum absolute atomic E-state index is 0.0108. The number of para-hydroxylation sites is 1. The van der Waals surface area contributed by atoms with E-state index in [-0.39, 0.29) is 23.5 Å². The first-order chi connectivity index (χ1) is 18.0. The van der Waals surface area contributed by atoms with Gasteiger partial charge in [-0.2, -0.15) is 5.10 Å². The third-order valence-corrected chi connectivity index (χ3v) is 8.25. The molecule has 0 bridgehead atoms. The van der Waals surface area contributed by atoms with Gasteiger partial charge in [0.25, 0.3) is 0 Å². The number of hydrogen-bond acceptors (Lipinski definition) is 5. The summed E-state index contributed by atoms with van der Waals surface area (Å²) in [4.78, 5) is 19.2. The highest BCUT2D eigenvalue weighted by Gasteiger charge is 2.46. The van der Waals surface area contributed by atoms with Gasteiger partial charge in [0.1, 0.15) is 0 Å². The van der Waals surface area contributed by atoms with E-state index in [0.29, 0.717) is 28.9 Å². The molecule has 3 unspecified atom stereocenters. The van der Waals surface area contributed by atoms with E-state index >= 15 is 0 Å². The largest absolute Gasteiger partial charge is 0.491 e. The van der Waals surface area contributed by atoms with Crippen LogP contribution in [0.3, 0.4) is 0 Å². The smallest absolute Gasteiger partial charge is 0.229 e. The number of rotatable bonds is 7. The number of ether oxygens (including phenoxy) is 1. The first-order valence-corrected chi connectivity index (χ1v) is 13.7. The van der Waals surface area contributed by atoms with Crippen LogP contribution in [0.2, 0.25) is 0 Å². The molecule has 0 aliphatic heterocycles. The van der Waals surface area contributed by atoms with Gasteiger partial charge in [-0.25, -0.2) is 14.1 Å². The number of amides is 1. The molecule has 8 heteroatoms. The van der Waals surface area contributed by atoms with E-state index < -0.39 is 5.82 Å². The second-order valence-corrected chi connectivity index (χ2v) is 11.0. The monoisotopic (exact) mass is 516 g/mol. The number of thiazole rings is 1. The van der Waals surface area contributed by atoms with E-state index in [4.69, 9.17) is 14.8 Å². The third kappa shape index (κ3) is 4.78. The Kier molecular flexibility index (Phi) is 6.28. The number of anilines is 1. The van der Waals surface area contributed by atoms with Gasteiger partial charge in [-0.05, 0) is 68.9 Å². The standard InChI is InChI=1S/C29H29FN4O2S/c1-3-36-25-12-10-18(14-23(25)30)27-22(16-34(33-27)19-7-5-4-6-8-19)20-15-21(20)28(35)32-29-31-24-11-9-17(2)13-26(24)37-29/h4-8,10,12,14,16-17,20-21H,3,9,11,13,15H2,1-2H3,(H,31,32,35). The minimum Gasteiger partial charge on any atom is -0.491 e. The highest BCUT2D eigenvalue weighted by Crippen LogP contribution is 2.51. The molecule has 4 aromatic rings. The van der Waals surface area contributed by atoms with E-state index in [2.05, 4.69) is 12.2 Å². The van der Waals surface area contributed by atoms with Crippen molar-refractivity contribution in [2.24, 2.45) is 11.8 Å². The number of hydrogen-bond donors (Lipinski definition) is 1. The van der Waals surface area contributed by atoms with Gasteiger partial charge < -0.3 is 10.1 Å². The lowest BCUT2D eigenvalue weighted by Gasteiger charge is -2.15. The topological polar surface area (TPSA) is 69.0 Å². The molecule has 2 heterocycles. The molecule has 3 atom stereocenters. The van der Waals surface area contributed by atoms with Crippen LogP contribution in [0.25, 0.3) is 16.9 Å². The molecule has 190 valence electrons. The maximum atomic E-state index is 14.7. The van der Waals surface area contributed by atoms with Gasteiger partial charge in [-0.15, -0.1) is 11.3 Å². The maximum absolute atomic E-state index is 14.7. The fourth-order valence-electron chi connectivity index (χ4n) is 5.14. The van der Waals surface area contributed by atoms with Gasteiger partial charge in [-0.1, -0.05) is 25.1 Å². The van der Waals surface area contributed by atoms with Crippen molar-refractivity contribution in [3.63, 3.8) is 0 Å². The molecule has 0 saturated heterocycles. The highest BCUT2D eigenvalue weighted by atomic mass is 32.1. The Morgan fingerprint density at radius 3 is 2.86 bits per heavy atom. The lowest BCUT2D eigenvalue weighted by Crippen LogP contribution is -2.14. The van der Waals surface area contributed by atoms with Gasteiger partial charge in [0.05, 0.1) is 23.7 Å². The zero-order chi connectivity index (χ0) is 25.5. The van der Waals surface area contributed by atoms with Crippen molar-refractivity contribution in [3.8, 4) is 22.7 Å². The van der Waals surface area contributed by atoms with Crippen LogP contribution in [-0.4, -0.2) is 27.3 Å². The number of halogens is 1. The predicted molar refractivity (Wildman–Crippen MR) is 143 cm³/mol. The molecule has 2 aliphatic rings. The van der Waals surface area contributed by atoms with Crippen LogP contribution < -0.4 is 10.1 Å². The van der Waals surface area contributed by atoms with Crippen LogP contribution in [0.1, 0.15) is 48.7 Å². The molecule has 2 aromatic heterocycles. The molecule has 2 aromatic carbocycles. The molecule has 1 saturated carbocycles. The van der Waals surface area contributed by atoms with E-state index in [0.717, 1.165) is 42.6 Å². The van der Waals surface area contributed by atoms with Crippen molar-refractivity contribution >= 4 is 22.4 Å². The molecule has 2 aliphatic carbocycles. The summed E-state index contributed by atoms with van der Waals surface area (Å²) >= 11 is 1.60. The van der Waals surface area contributed by atoms with Crippen LogP contribution in [0.15, 0.2) is 54.7 Å². The number of carbonyl (C=O) groups is 1. The predicted octanol–water partition coefficient (Wildman–Crippen LogP) is 6.40. The van der Waals surface area contributed by atoms with E-state index in [1.165, 1.54) is 10.9 Å². The Morgan fingerprint density at radius 1 is 1.24 bits per heavy atom. The van der Waals surface area contributed by atoms with Crippen LogP contribution in [0.4, 0.5) is 9.52 Å². The summed E-state index contributed by atoms with van der Waals surface area (Å²) < 4.78 is 21.9. The molecule has 0 radical (unpaired) electrons. The average molecular weight is 517 g/mol. The summed E-state index contributed by atoms with van der Waals surface area (Å²) in [5.74, 6) is 0.291. The number of nitrogens with one attached hydrogen (secondary N) is 1. The summed E-state index contributed by atoms with van der Waals surface area (Å²) in [6.07, 6.45) is 5.86. The Morgan fingerprint density at radius 2 is 2.08 bits per heavy atom. The Labute approximate surface area is 219 Å². The van der Waals surface area contributed by atoms with Gasteiger partial charge >= 0.3 is 0 Å². The zero-order valence-electron chi connectivity index (χ0n) is 20.9. The second-order valence-electron chi connectivity index (χ2n) is 9.97. The van der Waals surface area contributed by atoms with Crippen molar-refractivity contribution in [1.29, 1.82) is 0 Å². The van der Waals surface area contributed by atoms with Gasteiger partial charge in [0, 0.05) is 34.0 Å². The Bertz CT molecular complexity index is 1450. The summed E-state index contributed by atoms with van der Waals surface area (Å²) in [6, 6.07) is 14.7. The zero-order valence-corrected chi connectivity index (χ0v) is 21.7. The molecule has 1 N–H and O–H groups in total. The molecular weight excluding hydrogens is 487 g/mol. The van der Waals surface area contributed by atoms with Gasteiger partial charge in [-0.3, -0.25) is 4.79 Å². The van der Waals surface area contributed by atoms with Gasteiger partial charge in [0.2, 0.25) is 5.91 Å². The summed E-state index contributed by atoms with van der Waals surface area (Å²) in [5, 5.41) is 8.59. The Hall–Kier alpha value is -3.52. The number of benzene rings is 2. The first-order valence-electron chi connectivity index (χ1n) is 12.9. The van der Waals surface area contributed by atoms with E-state index in [1.54, 1.807) is 17.4 Å². The van der Waals surface area contributed by atoms with Crippen molar-refractivity contribution < 1.29 is 13.9 Å². The van der Waals surface area contributed by atoms with Crippen molar-refractivity contribution in [2.75, 3.05) is 11.9 Å². The summed E-state index contributed by atoms with van der Waals surface area (Å²) in [7, 11) is 0. The first kappa shape index (κ1) is 23.9. The number of nitrogens with zero attached hydrogens (tertiary/aromatic N) is 3. The fourth-order valence-corrected chi connectivity index (χ4v) is 6.31. The highest BCUT2D eigenvalue weighted by molar-refractivity contribution is 7.15. The third-order valence-electron chi connectivity index (χ3n) is 7.21. The van der Waals surface area contributed by atoms with Crippen molar-refractivity contribution in [3.05, 3.63) is 76.7 Å². The van der Waals surface area contributed by atoms with E-state index in [9.17, 15) is 9.18 Å². The molecular formula is C29H29FN4O2S. The summed E-state index contributed by atoms with van der Waals surface area (Å²) in [5.41, 5.74) is 4.34. The van der Waals surface area contributed by atoms with Crippen LogP contribution in [0.5, 0.6) is 5.75 Å². The minimum atomic E-state index is -0.424. The molecule has 37 heavy (non-hydrogen) atoms. The number of carbonyl (C=O) groups excluding carboxylic acids is 1. The molecule has 1 amide bonds. The van der Waals surface area contributed by atoms with Crippen LogP contribution in [0, 0.1) is 17.7 Å². The lowest BCUT2D eigenvalue weighted by atomic mass is 9.93. The van der Waals surface area contributed by atoms with Gasteiger partial charge in [0.15, 0.2) is 16.7 Å². The number of fused-ring (bicyclic) bond motifs is 1. The molecule has 0 spiro atoms. The summed E-state index contributed by atoms with van der Waals surface area (Å²) in [6.45, 7) is 4.48. The van der Waals surface area contributed by atoms with Crippen molar-refractivity contribution in [1.82, 2.24) is 14.8 Å².